The van der Waals surface area contributed by atoms with Gasteiger partial charge in [-0.1, -0.05) is 0 Å². The topological polar surface area (TPSA) is 18.5 Å². The van der Waals surface area contributed by atoms with Gasteiger partial charge in [0.15, 0.2) is 13.7 Å². The summed E-state index contributed by atoms with van der Waals surface area (Å²) in [4.78, 5) is 0. The minimum atomic E-state index is -3.74. The van der Waals surface area contributed by atoms with Crippen LogP contribution >= 0.6 is 0 Å². The molecule has 0 radical (unpaired) electrons. The molecule has 0 unspecified atom stereocenters. The molecule has 0 N–H and O–H groups in total. The second-order valence-corrected chi connectivity index (χ2v) is 1.35. The first-order chi connectivity index (χ1) is 4.62. The van der Waals surface area contributed by atoms with E-state index < -0.39 is 26.4 Å². The SMILES string of the molecule is FCOCC(F)(F)OCF. The fourth-order valence-corrected chi connectivity index (χ4v) is 0.279. The van der Waals surface area contributed by atoms with E-state index in [-0.39, 0.29) is 0 Å². The molecule has 0 saturated heterocycles. The standard InChI is InChI=1S/C4H6F4O2/c5-2-9-1-4(7,8)10-3-6/h1-3H2. The van der Waals surface area contributed by atoms with Gasteiger partial charge in [-0.3, -0.25) is 4.74 Å². The Morgan fingerprint density at radius 1 is 1.10 bits per heavy atom. The van der Waals surface area contributed by atoms with Crippen LogP contribution in [0.1, 0.15) is 0 Å². The number of ether oxygens (including phenoxy) is 2. The normalized spacial score (nSPS) is 12.0. The lowest BCUT2D eigenvalue weighted by atomic mass is 10.7. The van der Waals surface area contributed by atoms with Crippen LogP contribution in [0.2, 0.25) is 0 Å². The van der Waals surface area contributed by atoms with Crippen molar-refractivity contribution >= 4 is 0 Å². The first-order valence-electron chi connectivity index (χ1n) is 2.34. The molecule has 6 heteroatoms. The summed E-state index contributed by atoms with van der Waals surface area (Å²) in [6, 6.07) is 0. The summed E-state index contributed by atoms with van der Waals surface area (Å²) in [6.45, 7) is -4.23. The number of alkyl halides is 4. The highest BCUT2D eigenvalue weighted by Gasteiger charge is 2.30. The molecule has 0 fully saturated rings. The van der Waals surface area contributed by atoms with E-state index >= 15 is 0 Å². The van der Waals surface area contributed by atoms with Crippen molar-refractivity contribution in [2.24, 2.45) is 0 Å². The maximum absolute atomic E-state index is 11.9. The van der Waals surface area contributed by atoms with Crippen LogP contribution in [0, 0.1) is 0 Å². The Kier molecular flexibility index (Phi) is 4.29. The molecule has 0 aliphatic rings. The number of hydrogen-bond donors (Lipinski definition) is 0. The van der Waals surface area contributed by atoms with Crippen LogP contribution < -0.4 is 0 Å². The average Bonchev–Trinajstić information content (AvgIpc) is 1.84. The molecule has 0 aromatic rings. The highest BCUT2D eigenvalue weighted by molar-refractivity contribution is 4.46. The zero-order chi connectivity index (χ0) is 8.04. The van der Waals surface area contributed by atoms with Gasteiger partial charge in [-0.15, -0.1) is 0 Å². The van der Waals surface area contributed by atoms with Gasteiger partial charge < -0.3 is 4.74 Å². The Bertz CT molecular complexity index is 87.3. The second-order valence-electron chi connectivity index (χ2n) is 1.35. The predicted molar refractivity (Wildman–Crippen MR) is 23.9 cm³/mol. The molecule has 0 bridgehead atoms. The summed E-state index contributed by atoms with van der Waals surface area (Å²) in [5.41, 5.74) is 0. The first-order valence-corrected chi connectivity index (χ1v) is 2.34. The zero-order valence-electron chi connectivity index (χ0n) is 4.95. The van der Waals surface area contributed by atoms with Gasteiger partial charge in [0.25, 0.3) is 0 Å². The Hall–Kier alpha value is -0.360. The van der Waals surface area contributed by atoms with Crippen molar-refractivity contribution in [1.29, 1.82) is 0 Å². The van der Waals surface area contributed by atoms with Gasteiger partial charge >= 0.3 is 6.11 Å². The summed E-state index contributed by atoms with van der Waals surface area (Å²) >= 11 is 0. The summed E-state index contributed by atoms with van der Waals surface area (Å²) in [5.74, 6) is 0. The maximum atomic E-state index is 11.9. The fourth-order valence-electron chi connectivity index (χ4n) is 0.279. The third-order valence-electron chi connectivity index (χ3n) is 0.613. The fraction of sp³-hybridized carbons (Fsp3) is 1.00. The number of halogens is 4. The molecule has 0 heterocycles. The predicted octanol–water partition coefficient (Wildman–Crippen LogP) is 1.47. The van der Waals surface area contributed by atoms with Crippen molar-refractivity contribution in [2.45, 2.75) is 6.11 Å². The molecule has 0 amide bonds. The Labute approximate surface area is 54.7 Å². The summed E-state index contributed by atoms with van der Waals surface area (Å²) < 4.78 is 52.7. The summed E-state index contributed by atoms with van der Waals surface area (Å²) in [7, 11) is 0. The third kappa shape index (κ3) is 4.51. The lowest BCUT2D eigenvalue weighted by Gasteiger charge is -2.12. The molecule has 10 heavy (non-hydrogen) atoms. The quantitative estimate of drug-likeness (QED) is 0.570. The monoisotopic (exact) mass is 162 g/mol. The highest BCUT2D eigenvalue weighted by atomic mass is 19.3. The van der Waals surface area contributed by atoms with E-state index in [1.54, 1.807) is 0 Å². The number of hydrogen-bond acceptors (Lipinski definition) is 2. The van der Waals surface area contributed by atoms with E-state index in [9.17, 15) is 17.6 Å². The Morgan fingerprint density at radius 3 is 2.10 bits per heavy atom. The van der Waals surface area contributed by atoms with Crippen LogP contribution in [-0.4, -0.2) is 26.4 Å². The van der Waals surface area contributed by atoms with Crippen molar-refractivity contribution < 1.29 is 27.0 Å². The smallest absolute Gasteiger partial charge is 0.341 e. The van der Waals surface area contributed by atoms with Gasteiger partial charge in [0, 0.05) is 0 Å². The summed E-state index contributed by atoms with van der Waals surface area (Å²) in [5, 5.41) is 0. The molecule has 0 aromatic carbocycles. The van der Waals surface area contributed by atoms with Gasteiger partial charge in [0.1, 0.15) is 6.61 Å². The van der Waals surface area contributed by atoms with Crippen molar-refractivity contribution in [3.05, 3.63) is 0 Å². The molecule has 62 valence electrons. The van der Waals surface area contributed by atoms with Crippen LogP contribution in [0.3, 0.4) is 0 Å². The molecule has 0 aliphatic carbocycles. The zero-order valence-corrected chi connectivity index (χ0v) is 4.95. The van der Waals surface area contributed by atoms with Gasteiger partial charge in [-0.2, -0.15) is 8.78 Å². The molecule has 0 aromatic heterocycles. The lowest BCUT2D eigenvalue weighted by Crippen LogP contribution is -2.27. The second kappa shape index (κ2) is 4.45. The molecular formula is C4H6F4O2. The van der Waals surface area contributed by atoms with Gasteiger partial charge in [-0.05, 0) is 0 Å². The van der Waals surface area contributed by atoms with E-state index in [0.717, 1.165) is 0 Å². The molecule has 0 aliphatic heterocycles. The minimum Gasteiger partial charge on any atom is -0.341 e. The molecule has 0 atom stereocenters. The van der Waals surface area contributed by atoms with Gasteiger partial charge in [0.05, 0.1) is 0 Å². The van der Waals surface area contributed by atoms with E-state index in [2.05, 4.69) is 9.47 Å². The van der Waals surface area contributed by atoms with Crippen LogP contribution in [0.4, 0.5) is 17.6 Å². The van der Waals surface area contributed by atoms with Crippen molar-refractivity contribution in [3.8, 4) is 0 Å². The van der Waals surface area contributed by atoms with E-state index in [1.165, 1.54) is 0 Å². The third-order valence-corrected chi connectivity index (χ3v) is 0.613. The van der Waals surface area contributed by atoms with Gasteiger partial charge in [0.2, 0.25) is 0 Å². The van der Waals surface area contributed by atoms with Crippen LogP contribution in [0.25, 0.3) is 0 Å². The number of rotatable bonds is 5. The Morgan fingerprint density at radius 2 is 1.70 bits per heavy atom. The molecule has 2 nitrogen and oxygen atoms in total. The molecule has 0 saturated carbocycles. The first kappa shape index (κ1) is 9.64. The van der Waals surface area contributed by atoms with E-state index in [4.69, 9.17) is 0 Å². The average molecular weight is 162 g/mol. The van der Waals surface area contributed by atoms with Crippen molar-refractivity contribution in [1.82, 2.24) is 0 Å². The van der Waals surface area contributed by atoms with E-state index in [1.807, 2.05) is 0 Å². The van der Waals surface area contributed by atoms with E-state index in [0.29, 0.717) is 0 Å². The van der Waals surface area contributed by atoms with Crippen molar-refractivity contribution in [2.75, 3.05) is 20.3 Å². The largest absolute Gasteiger partial charge is 0.381 e. The van der Waals surface area contributed by atoms with Crippen LogP contribution in [0.15, 0.2) is 0 Å². The van der Waals surface area contributed by atoms with Gasteiger partial charge in [-0.25, -0.2) is 8.78 Å². The maximum Gasteiger partial charge on any atom is 0.381 e. The van der Waals surface area contributed by atoms with Crippen LogP contribution in [-0.2, 0) is 9.47 Å². The van der Waals surface area contributed by atoms with Crippen molar-refractivity contribution in [3.63, 3.8) is 0 Å². The minimum absolute atomic E-state index is 1.27. The molecule has 0 spiro atoms. The molecular weight excluding hydrogens is 156 g/mol. The Balaban J connectivity index is 3.42. The summed E-state index contributed by atoms with van der Waals surface area (Å²) in [6.07, 6.45) is -3.74. The lowest BCUT2D eigenvalue weighted by molar-refractivity contribution is -0.281. The highest BCUT2D eigenvalue weighted by Crippen LogP contribution is 2.15. The van der Waals surface area contributed by atoms with Crippen LogP contribution in [0.5, 0.6) is 0 Å². The molecule has 0 rings (SSSR count).